The van der Waals surface area contributed by atoms with Crippen LogP contribution in [0.2, 0.25) is 0 Å². The van der Waals surface area contributed by atoms with Crippen LogP contribution in [0.25, 0.3) is 0 Å². The van der Waals surface area contributed by atoms with Crippen LogP contribution in [-0.4, -0.2) is 42.9 Å². The molecule has 4 N–H and O–H groups in total. The van der Waals surface area contributed by atoms with Gasteiger partial charge in [-0.15, -0.1) is 0 Å². The van der Waals surface area contributed by atoms with Gasteiger partial charge in [0, 0.05) is 44.7 Å². The summed E-state index contributed by atoms with van der Waals surface area (Å²) >= 11 is 0. The Hall–Kier alpha value is -2.15. The first-order valence-electron chi connectivity index (χ1n) is 6.88. The number of nitrogen functional groups attached to an aromatic ring is 1. The van der Waals surface area contributed by atoms with Gasteiger partial charge in [-0.3, -0.25) is 9.59 Å². The second-order valence-electron chi connectivity index (χ2n) is 4.98. The molecule has 1 fully saturated rings. The van der Waals surface area contributed by atoms with Gasteiger partial charge in [-0.25, -0.2) is 4.39 Å². The Bertz CT molecular complexity index is 536. The molecule has 0 bridgehead atoms. The molecule has 1 heterocycles. The highest BCUT2D eigenvalue weighted by Crippen LogP contribution is 2.17. The summed E-state index contributed by atoms with van der Waals surface area (Å²) in [4.78, 5) is 25.1. The molecule has 6 nitrogen and oxygen atoms in total. The summed E-state index contributed by atoms with van der Waals surface area (Å²) in [6.07, 6.45) is 0.674. The van der Waals surface area contributed by atoms with Crippen LogP contribution >= 0.6 is 0 Å². The molecule has 2 amide bonds. The fourth-order valence-corrected chi connectivity index (χ4v) is 2.15. The molecule has 0 spiro atoms. The van der Waals surface area contributed by atoms with Crippen molar-refractivity contribution in [1.29, 1.82) is 0 Å². The van der Waals surface area contributed by atoms with Gasteiger partial charge in [-0.1, -0.05) is 0 Å². The monoisotopic (exact) mass is 294 g/mol. The zero-order chi connectivity index (χ0) is 15.2. The quantitative estimate of drug-likeness (QED) is 0.708. The van der Waals surface area contributed by atoms with Gasteiger partial charge in [0.2, 0.25) is 11.8 Å². The van der Waals surface area contributed by atoms with Crippen LogP contribution in [0.3, 0.4) is 0 Å². The number of benzene rings is 1. The molecule has 0 atom stereocenters. The summed E-state index contributed by atoms with van der Waals surface area (Å²) in [6.45, 7) is 2.46. The number of halogens is 1. The van der Waals surface area contributed by atoms with Crippen LogP contribution in [0.4, 0.5) is 15.8 Å². The second kappa shape index (κ2) is 7.03. The van der Waals surface area contributed by atoms with Gasteiger partial charge in [0.15, 0.2) is 0 Å². The molecule has 0 aliphatic carbocycles. The standard InChI is InChI=1S/C14H19FN4O2/c15-11-2-1-10(16)9-12(11)18-14(21)4-7-19-6-3-13(20)17-5-8-19/h1-2,9H,3-8,16H2,(H,17,20)(H,18,21). The maximum atomic E-state index is 13.5. The number of nitrogens with one attached hydrogen (secondary N) is 2. The highest BCUT2D eigenvalue weighted by molar-refractivity contribution is 5.91. The number of rotatable bonds is 4. The summed E-state index contributed by atoms with van der Waals surface area (Å²) < 4.78 is 13.5. The van der Waals surface area contributed by atoms with E-state index < -0.39 is 5.82 Å². The molecule has 1 saturated heterocycles. The second-order valence-corrected chi connectivity index (χ2v) is 4.98. The summed E-state index contributed by atoms with van der Waals surface area (Å²) in [5, 5.41) is 5.28. The zero-order valence-corrected chi connectivity index (χ0v) is 11.7. The minimum absolute atomic E-state index is 0.0313. The van der Waals surface area contributed by atoms with E-state index in [4.69, 9.17) is 5.73 Å². The van der Waals surface area contributed by atoms with E-state index >= 15 is 0 Å². The summed E-state index contributed by atoms with van der Waals surface area (Å²) in [7, 11) is 0. The molecule has 1 aliphatic rings. The van der Waals surface area contributed by atoms with Crippen molar-refractivity contribution < 1.29 is 14.0 Å². The van der Waals surface area contributed by atoms with E-state index in [0.29, 0.717) is 38.3 Å². The van der Waals surface area contributed by atoms with Crippen LogP contribution < -0.4 is 16.4 Å². The van der Waals surface area contributed by atoms with Crippen LogP contribution in [0, 0.1) is 5.82 Å². The highest BCUT2D eigenvalue weighted by Gasteiger charge is 2.14. The molecule has 1 aromatic carbocycles. The first-order chi connectivity index (χ1) is 10.0. The van der Waals surface area contributed by atoms with Crippen LogP contribution in [0.5, 0.6) is 0 Å². The zero-order valence-electron chi connectivity index (χ0n) is 11.7. The number of hydrogen-bond acceptors (Lipinski definition) is 4. The normalized spacial score (nSPS) is 16.1. The van der Waals surface area contributed by atoms with Gasteiger partial charge in [0.1, 0.15) is 5.82 Å². The third kappa shape index (κ3) is 4.71. The fraction of sp³-hybridized carbons (Fsp3) is 0.429. The molecule has 1 aliphatic heterocycles. The van der Waals surface area contributed by atoms with Crippen molar-refractivity contribution >= 4 is 23.2 Å². The Balaban J connectivity index is 1.82. The Morgan fingerprint density at radius 1 is 1.43 bits per heavy atom. The smallest absolute Gasteiger partial charge is 0.225 e. The summed E-state index contributed by atoms with van der Waals surface area (Å²) in [6, 6.07) is 4.05. The van der Waals surface area contributed by atoms with Crippen molar-refractivity contribution in [2.24, 2.45) is 0 Å². The molecule has 0 saturated carbocycles. The first-order valence-corrected chi connectivity index (χ1v) is 6.88. The molecular formula is C14H19FN4O2. The van der Waals surface area contributed by atoms with E-state index in [-0.39, 0.29) is 23.9 Å². The van der Waals surface area contributed by atoms with E-state index in [9.17, 15) is 14.0 Å². The van der Waals surface area contributed by atoms with E-state index in [1.807, 2.05) is 4.90 Å². The van der Waals surface area contributed by atoms with Crippen molar-refractivity contribution in [2.75, 3.05) is 37.2 Å². The van der Waals surface area contributed by atoms with Gasteiger partial charge < -0.3 is 21.3 Å². The predicted octanol–water partition coefficient (Wildman–Crippen LogP) is 0.558. The first kappa shape index (κ1) is 15.2. The molecule has 2 rings (SSSR count). The molecular weight excluding hydrogens is 275 g/mol. The number of anilines is 2. The molecule has 114 valence electrons. The lowest BCUT2D eigenvalue weighted by Crippen LogP contribution is -2.31. The SMILES string of the molecule is Nc1ccc(F)c(NC(=O)CCN2CCNC(=O)CC2)c1. The summed E-state index contributed by atoms with van der Waals surface area (Å²) in [5.41, 5.74) is 6.04. The number of amides is 2. The van der Waals surface area contributed by atoms with E-state index in [0.717, 1.165) is 0 Å². The maximum Gasteiger partial charge on any atom is 0.225 e. The van der Waals surface area contributed by atoms with Crippen LogP contribution in [0.15, 0.2) is 18.2 Å². The van der Waals surface area contributed by atoms with Gasteiger partial charge in [0.25, 0.3) is 0 Å². The van der Waals surface area contributed by atoms with E-state index in [2.05, 4.69) is 10.6 Å². The Kier molecular flexibility index (Phi) is 5.10. The predicted molar refractivity (Wildman–Crippen MR) is 78.1 cm³/mol. The molecule has 7 heteroatoms. The number of carbonyl (C=O) groups excluding carboxylic acids is 2. The molecule has 0 unspecified atom stereocenters. The minimum atomic E-state index is -0.512. The maximum absolute atomic E-state index is 13.5. The van der Waals surface area contributed by atoms with Crippen molar-refractivity contribution in [3.05, 3.63) is 24.0 Å². The largest absolute Gasteiger partial charge is 0.399 e. The average molecular weight is 294 g/mol. The molecule has 0 radical (unpaired) electrons. The number of nitrogens with two attached hydrogens (primary N) is 1. The third-order valence-electron chi connectivity index (χ3n) is 3.32. The van der Waals surface area contributed by atoms with Gasteiger partial charge in [-0.05, 0) is 18.2 Å². The van der Waals surface area contributed by atoms with E-state index in [1.54, 1.807) is 0 Å². The fourth-order valence-electron chi connectivity index (χ4n) is 2.15. The molecule has 0 aromatic heterocycles. The van der Waals surface area contributed by atoms with Crippen molar-refractivity contribution in [1.82, 2.24) is 10.2 Å². The lowest BCUT2D eigenvalue weighted by molar-refractivity contribution is -0.120. The van der Waals surface area contributed by atoms with Crippen molar-refractivity contribution in [2.45, 2.75) is 12.8 Å². The number of carbonyl (C=O) groups is 2. The Labute approximate surface area is 122 Å². The van der Waals surface area contributed by atoms with Crippen LogP contribution in [0.1, 0.15) is 12.8 Å². The van der Waals surface area contributed by atoms with Crippen molar-refractivity contribution in [3.63, 3.8) is 0 Å². The number of nitrogens with zero attached hydrogens (tertiary/aromatic N) is 1. The number of hydrogen-bond donors (Lipinski definition) is 3. The van der Waals surface area contributed by atoms with Gasteiger partial charge >= 0.3 is 0 Å². The van der Waals surface area contributed by atoms with Crippen molar-refractivity contribution in [3.8, 4) is 0 Å². The summed E-state index contributed by atoms with van der Waals surface area (Å²) in [5.74, 6) is -0.756. The van der Waals surface area contributed by atoms with Gasteiger partial charge in [0.05, 0.1) is 5.69 Å². The minimum Gasteiger partial charge on any atom is -0.399 e. The Morgan fingerprint density at radius 3 is 3.05 bits per heavy atom. The topological polar surface area (TPSA) is 87.5 Å². The van der Waals surface area contributed by atoms with E-state index in [1.165, 1.54) is 18.2 Å². The lowest BCUT2D eigenvalue weighted by Gasteiger charge is -2.18. The third-order valence-corrected chi connectivity index (χ3v) is 3.32. The molecule has 21 heavy (non-hydrogen) atoms. The molecule has 1 aromatic rings. The average Bonchev–Trinajstić information content (AvgIpc) is 2.65. The van der Waals surface area contributed by atoms with Crippen LogP contribution in [-0.2, 0) is 9.59 Å². The van der Waals surface area contributed by atoms with Gasteiger partial charge in [-0.2, -0.15) is 0 Å². The lowest BCUT2D eigenvalue weighted by atomic mass is 10.2. The highest BCUT2D eigenvalue weighted by atomic mass is 19.1. The Morgan fingerprint density at radius 2 is 2.24 bits per heavy atom.